The molecule has 1 N–H and O–H groups in total. The summed E-state index contributed by atoms with van der Waals surface area (Å²) >= 11 is 7.30. The molecule has 1 aliphatic carbocycles. The molecular formula is C19H14N2O2S2. The van der Waals surface area contributed by atoms with Gasteiger partial charge in [0.1, 0.15) is 26.4 Å². The second-order valence-corrected chi connectivity index (χ2v) is 7.78. The van der Waals surface area contributed by atoms with E-state index in [1.165, 1.54) is 23.3 Å². The maximum Gasteiger partial charge on any atom is 0.347 e. The average Bonchev–Trinajstić information content (AvgIpc) is 3.00. The fourth-order valence-corrected chi connectivity index (χ4v) is 5.17. The van der Waals surface area contributed by atoms with Crippen LogP contribution in [-0.2, 0) is 12.8 Å². The van der Waals surface area contributed by atoms with Gasteiger partial charge in [-0.3, -0.25) is 0 Å². The fraction of sp³-hybridized carbons (Fsp3) is 0.211. The lowest BCUT2D eigenvalue weighted by atomic mass is 9.97. The molecule has 3 heterocycles. The van der Waals surface area contributed by atoms with E-state index in [1.54, 1.807) is 17.4 Å². The minimum Gasteiger partial charge on any atom is -0.422 e. The minimum atomic E-state index is -0.405. The first kappa shape index (κ1) is 15.0. The highest BCUT2D eigenvalue weighted by molar-refractivity contribution is 7.71. The highest BCUT2D eigenvalue weighted by Crippen LogP contribution is 2.36. The van der Waals surface area contributed by atoms with E-state index >= 15 is 0 Å². The summed E-state index contributed by atoms with van der Waals surface area (Å²) in [4.78, 5) is 22.6. The van der Waals surface area contributed by atoms with Gasteiger partial charge in [0, 0.05) is 15.6 Å². The molecule has 0 atom stereocenters. The van der Waals surface area contributed by atoms with Crippen molar-refractivity contribution in [3.05, 3.63) is 55.8 Å². The van der Waals surface area contributed by atoms with E-state index in [-0.39, 0.29) is 0 Å². The highest BCUT2D eigenvalue weighted by Gasteiger charge is 2.19. The van der Waals surface area contributed by atoms with Crippen molar-refractivity contribution in [3.63, 3.8) is 0 Å². The molecule has 0 amide bonds. The topological polar surface area (TPSA) is 58.9 Å². The van der Waals surface area contributed by atoms with E-state index in [2.05, 4.69) is 4.98 Å². The van der Waals surface area contributed by atoms with Gasteiger partial charge < -0.3 is 9.40 Å². The number of fused-ring (bicyclic) bond motifs is 4. The largest absolute Gasteiger partial charge is 0.422 e. The summed E-state index contributed by atoms with van der Waals surface area (Å²) in [6, 6.07) is 9.27. The normalized spacial score (nSPS) is 14.1. The van der Waals surface area contributed by atoms with Crippen LogP contribution in [0.2, 0.25) is 0 Å². The van der Waals surface area contributed by atoms with Crippen LogP contribution in [0.25, 0.3) is 32.6 Å². The van der Waals surface area contributed by atoms with E-state index in [1.807, 2.05) is 24.3 Å². The Morgan fingerprint density at radius 3 is 2.96 bits per heavy atom. The summed E-state index contributed by atoms with van der Waals surface area (Å²) in [6.45, 7) is 0. The van der Waals surface area contributed by atoms with Crippen molar-refractivity contribution in [2.45, 2.75) is 25.7 Å². The molecule has 25 heavy (non-hydrogen) atoms. The summed E-state index contributed by atoms with van der Waals surface area (Å²) in [5.74, 6) is 0.482. The van der Waals surface area contributed by atoms with E-state index in [4.69, 9.17) is 21.6 Å². The van der Waals surface area contributed by atoms with E-state index in [9.17, 15) is 4.79 Å². The Kier molecular flexibility index (Phi) is 3.36. The van der Waals surface area contributed by atoms with Gasteiger partial charge in [-0.25, -0.2) is 9.78 Å². The van der Waals surface area contributed by atoms with Crippen molar-refractivity contribution in [1.29, 1.82) is 0 Å². The van der Waals surface area contributed by atoms with Gasteiger partial charge in [0.15, 0.2) is 0 Å². The van der Waals surface area contributed by atoms with Gasteiger partial charge in [0.05, 0.1) is 0 Å². The van der Waals surface area contributed by atoms with E-state index in [0.717, 1.165) is 28.4 Å². The van der Waals surface area contributed by atoms with Gasteiger partial charge in [-0.2, -0.15) is 0 Å². The Morgan fingerprint density at radius 2 is 2.04 bits per heavy atom. The smallest absolute Gasteiger partial charge is 0.347 e. The number of aromatic amines is 1. The molecule has 1 aliphatic rings. The first-order valence-corrected chi connectivity index (χ1v) is 9.51. The van der Waals surface area contributed by atoms with E-state index < -0.39 is 5.63 Å². The number of aromatic nitrogens is 2. The molecule has 0 unspecified atom stereocenters. The molecular weight excluding hydrogens is 352 g/mol. The van der Waals surface area contributed by atoms with Crippen molar-refractivity contribution >= 4 is 44.7 Å². The summed E-state index contributed by atoms with van der Waals surface area (Å²) in [6.07, 6.45) is 4.57. The Balaban J connectivity index is 1.78. The lowest BCUT2D eigenvalue weighted by Gasteiger charge is -2.10. The molecule has 5 rings (SSSR count). The van der Waals surface area contributed by atoms with E-state index in [0.29, 0.717) is 21.6 Å². The van der Waals surface area contributed by atoms with Gasteiger partial charge in [0.25, 0.3) is 0 Å². The SMILES string of the molecule is O=c1oc2ccccc2cc1-c1nc2sc3c(c2c(=S)[nH]1)CCCC3. The van der Waals surface area contributed by atoms with Crippen molar-refractivity contribution < 1.29 is 4.42 Å². The number of thiophene rings is 1. The third-order valence-electron chi connectivity index (χ3n) is 4.72. The predicted octanol–water partition coefficient (Wildman–Crippen LogP) is 5.01. The maximum atomic E-state index is 12.4. The molecule has 0 spiro atoms. The van der Waals surface area contributed by atoms with Crippen molar-refractivity contribution in [2.75, 3.05) is 0 Å². The summed E-state index contributed by atoms with van der Waals surface area (Å²) in [5, 5.41) is 1.92. The van der Waals surface area contributed by atoms with Gasteiger partial charge in [-0.15, -0.1) is 11.3 Å². The van der Waals surface area contributed by atoms with Crippen molar-refractivity contribution in [3.8, 4) is 11.4 Å². The Labute approximate surface area is 152 Å². The van der Waals surface area contributed by atoms with Crippen LogP contribution in [-0.4, -0.2) is 9.97 Å². The fourth-order valence-electron chi connectivity index (χ4n) is 3.52. The Hall–Kier alpha value is -2.31. The molecule has 0 bridgehead atoms. The van der Waals surface area contributed by atoms with Crippen molar-refractivity contribution in [2.24, 2.45) is 0 Å². The Bertz CT molecular complexity index is 1250. The van der Waals surface area contributed by atoms with Crippen LogP contribution < -0.4 is 5.63 Å². The predicted molar refractivity (Wildman–Crippen MR) is 103 cm³/mol. The Morgan fingerprint density at radius 1 is 1.20 bits per heavy atom. The maximum absolute atomic E-state index is 12.4. The second kappa shape index (κ2) is 5.61. The summed E-state index contributed by atoms with van der Waals surface area (Å²) < 4.78 is 6.09. The third-order valence-corrected chi connectivity index (χ3v) is 6.21. The molecule has 4 aromatic rings. The van der Waals surface area contributed by atoms with Crippen LogP contribution in [0.5, 0.6) is 0 Å². The minimum absolute atomic E-state index is 0.405. The van der Waals surface area contributed by atoms with Crippen LogP contribution in [0.3, 0.4) is 0 Å². The van der Waals surface area contributed by atoms with Gasteiger partial charge in [0.2, 0.25) is 0 Å². The number of benzene rings is 1. The lowest BCUT2D eigenvalue weighted by molar-refractivity contribution is 0.563. The molecule has 1 aromatic carbocycles. The van der Waals surface area contributed by atoms with Crippen LogP contribution in [0.1, 0.15) is 23.3 Å². The first-order chi connectivity index (χ1) is 12.2. The average molecular weight is 366 g/mol. The molecule has 0 saturated heterocycles. The monoisotopic (exact) mass is 366 g/mol. The number of hydrogen-bond donors (Lipinski definition) is 1. The zero-order valence-electron chi connectivity index (χ0n) is 13.3. The third kappa shape index (κ3) is 2.36. The molecule has 0 radical (unpaired) electrons. The molecule has 3 aromatic heterocycles. The molecule has 0 saturated carbocycles. The second-order valence-electron chi connectivity index (χ2n) is 6.29. The van der Waals surface area contributed by atoms with Gasteiger partial charge in [-0.1, -0.05) is 30.4 Å². The number of H-pyrrole nitrogens is 1. The van der Waals surface area contributed by atoms with Crippen LogP contribution in [0.15, 0.2) is 39.5 Å². The summed E-state index contributed by atoms with van der Waals surface area (Å²) in [7, 11) is 0. The molecule has 4 nitrogen and oxygen atoms in total. The number of rotatable bonds is 1. The number of aryl methyl sites for hydroxylation is 2. The zero-order chi connectivity index (χ0) is 17.0. The standard InChI is InChI=1S/C19H14N2O2S2/c22-19-12(9-10-5-1-3-7-13(10)23-19)16-20-17(24)15-11-6-2-4-8-14(11)25-18(15)21-16/h1,3,5,7,9H,2,4,6,8H2,(H,20,21,24). The number of nitrogens with zero attached hydrogens (tertiary/aromatic N) is 1. The molecule has 0 fully saturated rings. The van der Waals surface area contributed by atoms with Crippen LogP contribution in [0, 0.1) is 4.64 Å². The summed E-state index contributed by atoms with van der Waals surface area (Å²) in [5.41, 5.74) is 1.93. The molecule has 6 heteroatoms. The zero-order valence-corrected chi connectivity index (χ0v) is 14.9. The molecule has 124 valence electrons. The van der Waals surface area contributed by atoms with Crippen molar-refractivity contribution in [1.82, 2.24) is 9.97 Å². The molecule has 0 aliphatic heterocycles. The highest BCUT2D eigenvalue weighted by atomic mass is 32.1. The number of para-hydroxylation sites is 1. The van der Waals surface area contributed by atoms with Gasteiger partial charge >= 0.3 is 5.63 Å². The van der Waals surface area contributed by atoms with Crippen LogP contribution in [0.4, 0.5) is 0 Å². The number of hydrogen-bond acceptors (Lipinski definition) is 5. The van der Waals surface area contributed by atoms with Crippen LogP contribution >= 0.6 is 23.6 Å². The first-order valence-electron chi connectivity index (χ1n) is 8.28. The quantitative estimate of drug-likeness (QED) is 0.380. The number of nitrogens with one attached hydrogen (secondary N) is 1. The lowest BCUT2D eigenvalue weighted by Crippen LogP contribution is -2.05. The van der Waals surface area contributed by atoms with Gasteiger partial charge in [-0.05, 0) is 43.4 Å².